The predicted molar refractivity (Wildman–Crippen MR) is 114 cm³/mol. The van der Waals surface area contributed by atoms with E-state index in [0.29, 0.717) is 26.2 Å². The number of benzene rings is 1. The molecule has 1 unspecified atom stereocenters. The summed E-state index contributed by atoms with van der Waals surface area (Å²) < 4.78 is 18.9. The summed E-state index contributed by atoms with van der Waals surface area (Å²) in [6.45, 7) is 7.08. The molecule has 2 fully saturated rings. The summed E-state index contributed by atoms with van der Waals surface area (Å²) in [7, 11) is 0. The van der Waals surface area contributed by atoms with Crippen LogP contribution in [0.25, 0.3) is 0 Å². The summed E-state index contributed by atoms with van der Waals surface area (Å²) in [6, 6.07) is 11.0. The molecule has 1 atom stereocenters. The SMILES string of the molecule is Cc1cc(Cc2cccc(F)c2)cc(C2CCCN(C(=O)CN3CCOCC3)C2)n1. The topological polar surface area (TPSA) is 45.7 Å². The van der Waals surface area contributed by atoms with Crippen molar-refractivity contribution in [3.8, 4) is 0 Å². The Morgan fingerprint density at radius 1 is 1.17 bits per heavy atom. The van der Waals surface area contributed by atoms with Gasteiger partial charge in [-0.05, 0) is 61.6 Å². The van der Waals surface area contributed by atoms with Gasteiger partial charge < -0.3 is 9.64 Å². The average Bonchev–Trinajstić information content (AvgIpc) is 2.74. The zero-order valence-corrected chi connectivity index (χ0v) is 17.6. The highest BCUT2D eigenvalue weighted by Gasteiger charge is 2.27. The number of nitrogens with zero attached hydrogens (tertiary/aromatic N) is 3. The molecular formula is C24H30FN3O2. The van der Waals surface area contributed by atoms with Gasteiger partial charge in [0.05, 0.1) is 19.8 Å². The van der Waals surface area contributed by atoms with Crippen molar-refractivity contribution < 1.29 is 13.9 Å². The normalized spacial score (nSPS) is 20.3. The number of piperidine rings is 1. The molecule has 2 aliphatic heterocycles. The molecule has 0 saturated carbocycles. The molecule has 1 amide bonds. The van der Waals surface area contributed by atoms with Crippen molar-refractivity contribution in [2.45, 2.75) is 32.1 Å². The molecule has 1 aromatic carbocycles. The molecule has 2 saturated heterocycles. The van der Waals surface area contributed by atoms with Crippen LogP contribution >= 0.6 is 0 Å². The van der Waals surface area contributed by atoms with Crippen LogP contribution in [-0.2, 0) is 16.0 Å². The van der Waals surface area contributed by atoms with E-state index in [4.69, 9.17) is 9.72 Å². The highest BCUT2D eigenvalue weighted by molar-refractivity contribution is 5.78. The maximum atomic E-state index is 13.5. The van der Waals surface area contributed by atoms with Crippen LogP contribution in [-0.4, -0.2) is 66.6 Å². The van der Waals surface area contributed by atoms with E-state index in [1.165, 1.54) is 6.07 Å². The van der Waals surface area contributed by atoms with Gasteiger partial charge in [-0.2, -0.15) is 0 Å². The van der Waals surface area contributed by atoms with Crippen LogP contribution in [0.15, 0.2) is 36.4 Å². The van der Waals surface area contributed by atoms with Crippen LogP contribution in [0.5, 0.6) is 0 Å². The van der Waals surface area contributed by atoms with Crippen LogP contribution in [0.1, 0.15) is 41.3 Å². The Labute approximate surface area is 177 Å². The summed E-state index contributed by atoms with van der Waals surface area (Å²) in [4.78, 5) is 21.8. The molecule has 0 N–H and O–H groups in total. The molecule has 0 spiro atoms. The average molecular weight is 412 g/mol. The third kappa shape index (κ3) is 5.43. The minimum Gasteiger partial charge on any atom is -0.379 e. The Balaban J connectivity index is 1.43. The second-order valence-corrected chi connectivity index (χ2v) is 8.42. The summed E-state index contributed by atoms with van der Waals surface area (Å²) in [5.74, 6) is 0.244. The van der Waals surface area contributed by atoms with Gasteiger partial charge in [-0.25, -0.2) is 4.39 Å². The van der Waals surface area contributed by atoms with Crippen molar-refractivity contribution in [2.75, 3.05) is 45.9 Å². The maximum Gasteiger partial charge on any atom is 0.236 e. The molecule has 2 aromatic rings. The minimum atomic E-state index is -0.208. The van der Waals surface area contributed by atoms with Crippen LogP contribution < -0.4 is 0 Å². The molecule has 6 heteroatoms. The summed E-state index contributed by atoms with van der Waals surface area (Å²) in [6.07, 6.45) is 2.71. The number of pyridine rings is 1. The number of aromatic nitrogens is 1. The third-order valence-electron chi connectivity index (χ3n) is 5.99. The van der Waals surface area contributed by atoms with Crippen molar-refractivity contribution in [3.05, 3.63) is 64.7 Å². The van der Waals surface area contributed by atoms with Crippen molar-refractivity contribution in [1.29, 1.82) is 0 Å². The van der Waals surface area contributed by atoms with Gasteiger partial charge in [0, 0.05) is 43.5 Å². The second-order valence-electron chi connectivity index (χ2n) is 8.42. The molecule has 3 heterocycles. The Morgan fingerprint density at radius 2 is 2.00 bits per heavy atom. The zero-order chi connectivity index (χ0) is 20.9. The van der Waals surface area contributed by atoms with E-state index in [9.17, 15) is 9.18 Å². The van der Waals surface area contributed by atoms with Crippen LogP contribution in [0.2, 0.25) is 0 Å². The molecular weight excluding hydrogens is 381 g/mol. The largest absolute Gasteiger partial charge is 0.379 e. The lowest BCUT2D eigenvalue weighted by atomic mass is 9.92. The molecule has 2 aliphatic rings. The Kier molecular flexibility index (Phi) is 6.75. The predicted octanol–water partition coefficient (Wildman–Crippen LogP) is 3.16. The molecule has 4 rings (SSSR count). The van der Waals surface area contributed by atoms with E-state index < -0.39 is 0 Å². The van der Waals surface area contributed by atoms with Crippen molar-refractivity contribution in [2.24, 2.45) is 0 Å². The maximum absolute atomic E-state index is 13.5. The number of carbonyl (C=O) groups is 1. The van der Waals surface area contributed by atoms with E-state index in [0.717, 1.165) is 61.5 Å². The molecule has 5 nitrogen and oxygen atoms in total. The Hall–Kier alpha value is -2.31. The number of halogens is 1. The number of likely N-dealkylation sites (tertiary alicyclic amines) is 1. The lowest BCUT2D eigenvalue weighted by Gasteiger charge is -2.35. The highest BCUT2D eigenvalue weighted by atomic mass is 19.1. The molecule has 160 valence electrons. The number of morpholine rings is 1. The van der Waals surface area contributed by atoms with E-state index >= 15 is 0 Å². The molecule has 1 aromatic heterocycles. The number of hydrogen-bond acceptors (Lipinski definition) is 4. The van der Waals surface area contributed by atoms with Gasteiger partial charge in [-0.1, -0.05) is 12.1 Å². The van der Waals surface area contributed by atoms with Crippen LogP contribution in [0, 0.1) is 12.7 Å². The van der Waals surface area contributed by atoms with E-state index in [1.54, 1.807) is 12.1 Å². The van der Waals surface area contributed by atoms with Gasteiger partial charge in [-0.3, -0.25) is 14.7 Å². The fraction of sp³-hybridized carbons (Fsp3) is 0.500. The number of carbonyl (C=O) groups excluding carboxylic acids is 1. The molecule has 0 radical (unpaired) electrons. The third-order valence-corrected chi connectivity index (χ3v) is 5.99. The zero-order valence-electron chi connectivity index (χ0n) is 17.6. The first kappa shape index (κ1) is 20.9. The lowest BCUT2D eigenvalue weighted by molar-refractivity contribution is -0.134. The first-order valence-electron chi connectivity index (χ1n) is 10.9. The number of aryl methyl sites for hydroxylation is 1. The minimum absolute atomic E-state index is 0.203. The fourth-order valence-corrected chi connectivity index (χ4v) is 4.46. The van der Waals surface area contributed by atoms with Crippen molar-refractivity contribution >= 4 is 5.91 Å². The number of hydrogen-bond donors (Lipinski definition) is 0. The van der Waals surface area contributed by atoms with E-state index in [-0.39, 0.29) is 17.6 Å². The Bertz CT molecular complexity index is 883. The first-order chi connectivity index (χ1) is 14.6. The molecule has 0 aliphatic carbocycles. The first-order valence-corrected chi connectivity index (χ1v) is 10.9. The Morgan fingerprint density at radius 3 is 2.80 bits per heavy atom. The van der Waals surface area contributed by atoms with Gasteiger partial charge in [-0.15, -0.1) is 0 Å². The highest BCUT2D eigenvalue weighted by Crippen LogP contribution is 2.27. The summed E-state index contributed by atoms with van der Waals surface area (Å²) >= 11 is 0. The molecule has 0 bridgehead atoms. The summed E-state index contributed by atoms with van der Waals surface area (Å²) in [5.41, 5.74) is 4.11. The molecule has 30 heavy (non-hydrogen) atoms. The van der Waals surface area contributed by atoms with Gasteiger partial charge in [0.25, 0.3) is 0 Å². The quantitative estimate of drug-likeness (QED) is 0.758. The van der Waals surface area contributed by atoms with Gasteiger partial charge >= 0.3 is 0 Å². The van der Waals surface area contributed by atoms with Gasteiger partial charge in [0.2, 0.25) is 5.91 Å². The standard InChI is InChI=1S/C24H30FN3O2/c1-18-12-20(13-19-4-2-6-22(25)14-19)15-23(26-18)21-5-3-7-28(16-21)24(29)17-27-8-10-30-11-9-27/h2,4,6,12,14-15,21H,3,5,7-11,13,16-17H2,1H3. The monoisotopic (exact) mass is 411 g/mol. The lowest BCUT2D eigenvalue weighted by Crippen LogP contribution is -2.47. The number of rotatable bonds is 5. The van der Waals surface area contributed by atoms with E-state index in [1.807, 2.05) is 17.9 Å². The van der Waals surface area contributed by atoms with E-state index in [2.05, 4.69) is 17.0 Å². The fourth-order valence-electron chi connectivity index (χ4n) is 4.46. The second kappa shape index (κ2) is 9.67. The van der Waals surface area contributed by atoms with Crippen molar-refractivity contribution in [1.82, 2.24) is 14.8 Å². The van der Waals surface area contributed by atoms with Crippen LogP contribution in [0.4, 0.5) is 4.39 Å². The van der Waals surface area contributed by atoms with Gasteiger partial charge in [0.1, 0.15) is 5.82 Å². The number of ether oxygens (including phenoxy) is 1. The van der Waals surface area contributed by atoms with Crippen LogP contribution in [0.3, 0.4) is 0 Å². The van der Waals surface area contributed by atoms with Gasteiger partial charge in [0.15, 0.2) is 0 Å². The smallest absolute Gasteiger partial charge is 0.236 e. The van der Waals surface area contributed by atoms with Crippen molar-refractivity contribution in [3.63, 3.8) is 0 Å². The number of amides is 1. The summed E-state index contributed by atoms with van der Waals surface area (Å²) in [5, 5.41) is 0.